The Morgan fingerprint density at radius 2 is 2.00 bits per heavy atom. The molecule has 0 saturated carbocycles. The summed E-state index contributed by atoms with van der Waals surface area (Å²) in [5.41, 5.74) is 0. The number of benzene rings is 1. The van der Waals surface area contributed by atoms with E-state index in [1.54, 1.807) is 18.2 Å². The number of para-hydroxylation sites is 1. The molecule has 1 aromatic carbocycles. The summed E-state index contributed by atoms with van der Waals surface area (Å²) in [7, 11) is 1.57. The molecule has 1 aromatic rings. The Kier molecular flexibility index (Phi) is 4.62. The zero-order valence-electron chi connectivity index (χ0n) is 9.31. The van der Waals surface area contributed by atoms with Crippen LogP contribution in [0, 0.1) is 0 Å². The first-order chi connectivity index (χ1) is 7.45. The van der Waals surface area contributed by atoms with Gasteiger partial charge in [-0.3, -0.25) is 0 Å². The number of hydrogen-bond donors (Lipinski definition) is 0. The van der Waals surface area contributed by atoms with Gasteiger partial charge >= 0.3 is 0 Å². The number of halogens is 1. The van der Waals surface area contributed by atoms with E-state index in [4.69, 9.17) is 15.4 Å². The first kappa shape index (κ1) is 13.3. The maximum atomic E-state index is 11.3. The van der Waals surface area contributed by atoms with Crippen LogP contribution in [0.4, 0.5) is 0 Å². The van der Waals surface area contributed by atoms with Crippen LogP contribution >= 0.6 is 10.7 Å². The lowest BCUT2D eigenvalue weighted by molar-refractivity contribution is 0.204. The molecule has 0 aromatic heterocycles. The first-order valence-corrected chi connectivity index (χ1v) is 7.46. The minimum absolute atomic E-state index is 0.0235. The van der Waals surface area contributed by atoms with Crippen molar-refractivity contribution in [3.05, 3.63) is 24.3 Å². The summed E-state index contributed by atoms with van der Waals surface area (Å²) in [6.45, 7) is 3.95. The van der Waals surface area contributed by atoms with E-state index >= 15 is 0 Å². The van der Waals surface area contributed by atoms with E-state index in [0.29, 0.717) is 5.75 Å². The smallest absolute Gasteiger partial charge is 0.264 e. The quantitative estimate of drug-likeness (QED) is 0.766. The molecule has 0 bridgehead atoms. The van der Waals surface area contributed by atoms with Gasteiger partial charge in [0.05, 0.1) is 6.10 Å². The van der Waals surface area contributed by atoms with Gasteiger partial charge in [-0.15, -0.1) is 0 Å². The Hall–Kier alpha value is -0.740. The third kappa shape index (κ3) is 3.68. The first-order valence-electron chi connectivity index (χ1n) is 5.15. The van der Waals surface area contributed by atoms with Gasteiger partial charge in [0, 0.05) is 10.7 Å². The van der Waals surface area contributed by atoms with Crippen molar-refractivity contribution in [2.45, 2.75) is 37.7 Å². The molecule has 5 heteroatoms. The summed E-state index contributed by atoms with van der Waals surface area (Å²) in [6, 6.07) is 6.39. The molecule has 0 saturated heterocycles. The molecule has 0 aliphatic carbocycles. The predicted molar refractivity (Wildman–Crippen MR) is 64.5 cm³/mol. The van der Waals surface area contributed by atoms with E-state index in [1.165, 1.54) is 6.07 Å². The SMILES string of the molecule is CCCC(C)Oc1ccccc1S(=O)(=O)Cl. The second-order valence-electron chi connectivity index (χ2n) is 3.60. The van der Waals surface area contributed by atoms with Crippen molar-refractivity contribution in [3.8, 4) is 5.75 Å². The fourth-order valence-corrected chi connectivity index (χ4v) is 2.41. The molecule has 1 atom stereocenters. The zero-order chi connectivity index (χ0) is 12.2. The largest absolute Gasteiger partial charge is 0.489 e. The van der Waals surface area contributed by atoms with E-state index in [1.807, 2.05) is 13.8 Å². The lowest BCUT2D eigenvalue weighted by Crippen LogP contribution is -2.12. The van der Waals surface area contributed by atoms with Crippen molar-refractivity contribution in [1.82, 2.24) is 0 Å². The summed E-state index contributed by atoms with van der Waals surface area (Å²) >= 11 is 0. The van der Waals surface area contributed by atoms with E-state index in [0.717, 1.165) is 12.8 Å². The fraction of sp³-hybridized carbons (Fsp3) is 0.455. The normalized spacial score (nSPS) is 13.4. The summed E-state index contributed by atoms with van der Waals surface area (Å²) < 4.78 is 28.1. The molecule has 0 heterocycles. The van der Waals surface area contributed by atoms with Crippen LogP contribution in [0.1, 0.15) is 26.7 Å². The molecule has 0 radical (unpaired) electrons. The van der Waals surface area contributed by atoms with Crippen molar-refractivity contribution in [2.24, 2.45) is 0 Å². The Bertz CT molecular complexity index is 442. The Balaban J connectivity index is 2.96. The molecule has 0 amide bonds. The maximum Gasteiger partial charge on any atom is 0.264 e. The van der Waals surface area contributed by atoms with Crippen LogP contribution in [0.3, 0.4) is 0 Å². The van der Waals surface area contributed by atoms with Crippen LogP contribution in [0.5, 0.6) is 5.75 Å². The molecule has 0 aliphatic heterocycles. The summed E-state index contributed by atoms with van der Waals surface area (Å²) in [5, 5.41) is 0. The molecular formula is C11H15ClO3S. The lowest BCUT2D eigenvalue weighted by Gasteiger charge is -2.15. The van der Waals surface area contributed by atoms with Gasteiger partial charge in [-0.05, 0) is 25.5 Å². The zero-order valence-corrected chi connectivity index (χ0v) is 10.9. The third-order valence-electron chi connectivity index (χ3n) is 2.14. The Morgan fingerprint density at radius 3 is 2.56 bits per heavy atom. The van der Waals surface area contributed by atoms with Crippen molar-refractivity contribution >= 4 is 19.7 Å². The molecule has 1 rings (SSSR count). The van der Waals surface area contributed by atoms with E-state index in [-0.39, 0.29) is 11.0 Å². The van der Waals surface area contributed by atoms with Crippen LogP contribution in [0.25, 0.3) is 0 Å². The topological polar surface area (TPSA) is 43.4 Å². The van der Waals surface area contributed by atoms with Gasteiger partial charge in [0.15, 0.2) is 0 Å². The highest BCUT2D eigenvalue weighted by Gasteiger charge is 2.17. The highest BCUT2D eigenvalue weighted by Crippen LogP contribution is 2.27. The van der Waals surface area contributed by atoms with Gasteiger partial charge in [0.25, 0.3) is 9.05 Å². The summed E-state index contributed by atoms with van der Waals surface area (Å²) in [4.78, 5) is 0.0274. The van der Waals surface area contributed by atoms with Crippen molar-refractivity contribution in [3.63, 3.8) is 0 Å². The second kappa shape index (κ2) is 5.55. The van der Waals surface area contributed by atoms with Gasteiger partial charge in [0.1, 0.15) is 10.6 Å². The number of rotatable bonds is 5. The predicted octanol–water partition coefficient (Wildman–Crippen LogP) is 3.18. The van der Waals surface area contributed by atoms with E-state index < -0.39 is 9.05 Å². The van der Waals surface area contributed by atoms with E-state index in [9.17, 15) is 8.42 Å². The van der Waals surface area contributed by atoms with Crippen LogP contribution in [0.15, 0.2) is 29.2 Å². The highest BCUT2D eigenvalue weighted by atomic mass is 35.7. The standard InChI is InChI=1S/C11H15ClO3S/c1-3-6-9(2)15-10-7-4-5-8-11(10)16(12,13)14/h4-5,7-9H,3,6H2,1-2H3. The molecule has 0 aliphatic rings. The summed E-state index contributed by atoms with van der Waals surface area (Å²) in [5.74, 6) is 0.318. The minimum Gasteiger partial charge on any atom is -0.489 e. The molecule has 0 fully saturated rings. The molecule has 0 spiro atoms. The molecule has 90 valence electrons. The number of hydrogen-bond acceptors (Lipinski definition) is 3. The maximum absolute atomic E-state index is 11.3. The van der Waals surface area contributed by atoms with Crippen molar-refractivity contribution in [1.29, 1.82) is 0 Å². The number of ether oxygens (including phenoxy) is 1. The van der Waals surface area contributed by atoms with Gasteiger partial charge in [0.2, 0.25) is 0 Å². The van der Waals surface area contributed by atoms with Gasteiger partial charge in [-0.2, -0.15) is 0 Å². The minimum atomic E-state index is -3.75. The Labute approximate surface area is 101 Å². The van der Waals surface area contributed by atoms with Gasteiger partial charge < -0.3 is 4.74 Å². The van der Waals surface area contributed by atoms with E-state index in [2.05, 4.69) is 0 Å². The van der Waals surface area contributed by atoms with Crippen LogP contribution in [-0.4, -0.2) is 14.5 Å². The van der Waals surface area contributed by atoms with Crippen molar-refractivity contribution in [2.75, 3.05) is 0 Å². The van der Waals surface area contributed by atoms with Gasteiger partial charge in [-0.25, -0.2) is 8.42 Å². The summed E-state index contributed by atoms with van der Waals surface area (Å²) in [6.07, 6.45) is 1.83. The monoisotopic (exact) mass is 262 g/mol. The molecule has 0 N–H and O–H groups in total. The average Bonchev–Trinajstić information content (AvgIpc) is 2.17. The molecule has 1 unspecified atom stereocenters. The third-order valence-corrected chi connectivity index (χ3v) is 3.50. The molecule has 3 nitrogen and oxygen atoms in total. The molecular weight excluding hydrogens is 248 g/mol. The molecule has 16 heavy (non-hydrogen) atoms. The van der Waals surface area contributed by atoms with Crippen LogP contribution in [-0.2, 0) is 9.05 Å². The van der Waals surface area contributed by atoms with Crippen LogP contribution in [0.2, 0.25) is 0 Å². The fourth-order valence-electron chi connectivity index (χ4n) is 1.43. The highest BCUT2D eigenvalue weighted by molar-refractivity contribution is 8.13. The van der Waals surface area contributed by atoms with Gasteiger partial charge in [-0.1, -0.05) is 25.5 Å². The lowest BCUT2D eigenvalue weighted by atomic mass is 10.2. The second-order valence-corrected chi connectivity index (χ2v) is 6.14. The average molecular weight is 263 g/mol. The van der Waals surface area contributed by atoms with Crippen molar-refractivity contribution < 1.29 is 13.2 Å². The van der Waals surface area contributed by atoms with Crippen LogP contribution < -0.4 is 4.74 Å². The Morgan fingerprint density at radius 1 is 1.38 bits per heavy atom.